The van der Waals surface area contributed by atoms with Gasteiger partial charge in [0.25, 0.3) is 0 Å². The zero-order chi connectivity index (χ0) is 19.1. The van der Waals surface area contributed by atoms with Gasteiger partial charge in [-0.2, -0.15) is 0 Å². The first-order valence-electron chi connectivity index (χ1n) is 9.91. The van der Waals surface area contributed by atoms with Crippen molar-refractivity contribution in [3.05, 3.63) is 65.7 Å². The maximum Gasteiger partial charge on any atom is 0.122 e. The first-order chi connectivity index (χ1) is 13.1. The summed E-state index contributed by atoms with van der Waals surface area (Å²) in [5, 5.41) is 0. The predicted octanol–water partition coefficient (Wildman–Crippen LogP) is 5.49. The third-order valence-electron chi connectivity index (χ3n) is 5.45. The lowest BCUT2D eigenvalue weighted by Crippen LogP contribution is -2.36. The van der Waals surface area contributed by atoms with Gasteiger partial charge in [0, 0.05) is 19.4 Å². The minimum Gasteiger partial charge on any atom is -0.496 e. The largest absolute Gasteiger partial charge is 0.496 e. The van der Waals surface area contributed by atoms with Gasteiger partial charge in [0.1, 0.15) is 5.75 Å². The Morgan fingerprint density at radius 2 is 1.89 bits per heavy atom. The van der Waals surface area contributed by atoms with E-state index >= 15 is 0 Å². The minimum atomic E-state index is -0.0590. The van der Waals surface area contributed by atoms with Crippen molar-refractivity contribution in [2.24, 2.45) is 10.9 Å². The van der Waals surface area contributed by atoms with Crippen LogP contribution < -0.4 is 4.74 Å². The van der Waals surface area contributed by atoms with Crippen LogP contribution in [0.25, 0.3) is 0 Å². The highest BCUT2D eigenvalue weighted by Crippen LogP contribution is 2.42. The molecule has 1 fully saturated rings. The Kier molecular flexibility index (Phi) is 6.68. The molecule has 2 atom stereocenters. The molecule has 0 saturated carbocycles. The molecule has 3 nitrogen and oxygen atoms in total. The van der Waals surface area contributed by atoms with Crippen molar-refractivity contribution in [2.75, 3.05) is 20.3 Å². The number of methoxy groups -OCH3 is 1. The second-order valence-electron chi connectivity index (χ2n) is 7.94. The fourth-order valence-corrected chi connectivity index (χ4v) is 4.16. The van der Waals surface area contributed by atoms with Crippen molar-refractivity contribution in [1.82, 2.24) is 0 Å². The normalized spacial score (nSPS) is 20.5. The van der Waals surface area contributed by atoms with E-state index < -0.39 is 0 Å². The summed E-state index contributed by atoms with van der Waals surface area (Å²) in [6.07, 6.45) is 5.16. The number of benzene rings is 2. The fraction of sp³-hybridized carbons (Fsp3) is 0.458. The van der Waals surface area contributed by atoms with E-state index in [4.69, 9.17) is 14.5 Å². The van der Waals surface area contributed by atoms with Gasteiger partial charge in [0.2, 0.25) is 0 Å². The van der Waals surface area contributed by atoms with Gasteiger partial charge in [-0.25, -0.2) is 0 Å². The molecular formula is C24H31NO2. The number of rotatable bonds is 7. The summed E-state index contributed by atoms with van der Waals surface area (Å²) in [6.45, 7) is 6.05. The van der Waals surface area contributed by atoms with Gasteiger partial charge < -0.3 is 9.47 Å². The van der Waals surface area contributed by atoms with Gasteiger partial charge in [-0.3, -0.25) is 4.99 Å². The molecule has 2 aromatic carbocycles. The quantitative estimate of drug-likeness (QED) is 0.607. The summed E-state index contributed by atoms with van der Waals surface area (Å²) in [5.74, 6) is 1.99. The molecule has 3 heteroatoms. The molecule has 1 aliphatic rings. The van der Waals surface area contributed by atoms with Crippen LogP contribution in [0.5, 0.6) is 5.75 Å². The third kappa shape index (κ3) is 5.43. The molecule has 0 aromatic heterocycles. The van der Waals surface area contributed by atoms with Crippen LogP contribution >= 0.6 is 0 Å². The number of hydrogen-bond donors (Lipinski definition) is 0. The Balaban J connectivity index is 1.76. The number of hydrogen-bond acceptors (Lipinski definition) is 3. The third-order valence-corrected chi connectivity index (χ3v) is 5.45. The van der Waals surface area contributed by atoms with Crippen LogP contribution in [0.2, 0.25) is 0 Å². The summed E-state index contributed by atoms with van der Waals surface area (Å²) in [7, 11) is 1.76. The van der Waals surface area contributed by atoms with Crippen LogP contribution in [0, 0.1) is 5.92 Å². The number of ether oxygens (including phenoxy) is 2. The van der Waals surface area contributed by atoms with Gasteiger partial charge in [-0.1, -0.05) is 48.5 Å². The van der Waals surface area contributed by atoms with Crippen molar-refractivity contribution in [3.63, 3.8) is 0 Å². The highest BCUT2D eigenvalue weighted by Gasteiger charge is 2.34. The van der Waals surface area contributed by atoms with Crippen molar-refractivity contribution < 1.29 is 9.47 Å². The van der Waals surface area contributed by atoms with E-state index in [1.165, 1.54) is 5.56 Å². The van der Waals surface area contributed by atoms with Crippen LogP contribution in [0.4, 0.5) is 0 Å². The molecule has 0 bridgehead atoms. The van der Waals surface area contributed by atoms with E-state index in [0.717, 1.165) is 43.7 Å². The molecule has 0 radical (unpaired) electrons. The van der Waals surface area contributed by atoms with E-state index in [9.17, 15) is 0 Å². The maximum atomic E-state index is 5.96. The highest BCUT2D eigenvalue weighted by atomic mass is 16.5. The molecular weight excluding hydrogens is 334 g/mol. The molecule has 0 aliphatic carbocycles. The van der Waals surface area contributed by atoms with Crippen LogP contribution in [0.15, 0.2) is 59.6 Å². The maximum absolute atomic E-state index is 5.96. The Morgan fingerprint density at radius 1 is 1.15 bits per heavy atom. The van der Waals surface area contributed by atoms with Crippen molar-refractivity contribution >= 4 is 6.21 Å². The van der Waals surface area contributed by atoms with E-state index in [2.05, 4.69) is 44.2 Å². The smallest absolute Gasteiger partial charge is 0.122 e. The van der Waals surface area contributed by atoms with E-state index in [1.54, 1.807) is 7.11 Å². The van der Waals surface area contributed by atoms with Crippen LogP contribution in [-0.4, -0.2) is 32.1 Å². The van der Waals surface area contributed by atoms with E-state index in [-0.39, 0.29) is 5.60 Å². The van der Waals surface area contributed by atoms with E-state index in [0.29, 0.717) is 11.8 Å². The summed E-state index contributed by atoms with van der Waals surface area (Å²) < 4.78 is 11.6. The average molecular weight is 366 g/mol. The second-order valence-corrected chi connectivity index (χ2v) is 7.94. The molecule has 0 amide bonds. The van der Waals surface area contributed by atoms with Gasteiger partial charge >= 0.3 is 0 Å². The Bertz CT molecular complexity index is 739. The molecule has 0 spiro atoms. The molecule has 1 saturated heterocycles. The lowest BCUT2D eigenvalue weighted by molar-refractivity contribution is -0.0771. The number of aliphatic imine (C=N–C) groups is 1. The zero-order valence-electron chi connectivity index (χ0n) is 16.7. The molecule has 3 rings (SSSR count). The monoisotopic (exact) mass is 365 g/mol. The first-order valence-corrected chi connectivity index (χ1v) is 9.91. The first kappa shape index (κ1) is 19.6. The summed E-state index contributed by atoms with van der Waals surface area (Å²) in [4.78, 5) is 4.70. The molecule has 0 N–H and O–H groups in total. The summed E-state index contributed by atoms with van der Waals surface area (Å²) in [6, 6.07) is 18.7. The zero-order valence-corrected chi connectivity index (χ0v) is 16.7. The number of para-hydroxylation sites is 1. The SMILES string of the molecule is COc1ccccc1[C@H](CCN=Cc1ccccc1)[C@H]1CCOC(C)(C)C1. The Labute approximate surface area is 163 Å². The fourth-order valence-electron chi connectivity index (χ4n) is 4.16. The predicted molar refractivity (Wildman–Crippen MR) is 112 cm³/mol. The molecule has 144 valence electrons. The van der Waals surface area contributed by atoms with E-state index in [1.807, 2.05) is 30.5 Å². The van der Waals surface area contributed by atoms with Gasteiger partial charge in [-0.05, 0) is 62.1 Å². The van der Waals surface area contributed by atoms with Gasteiger partial charge in [0.05, 0.1) is 12.7 Å². The molecule has 1 aliphatic heterocycles. The second kappa shape index (κ2) is 9.18. The standard InChI is InChI=1S/C24H31NO2/c1-24(2)17-20(14-16-27-24)21(22-11-7-8-12-23(22)26-3)13-15-25-18-19-9-5-4-6-10-19/h4-12,18,20-21H,13-17H2,1-3H3/t20-,21+/m0/s1. The van der Waals surface area contributed by atoms with Crippen LogP contribution in [0.3, 0.4) is 0 Å². The topological polar surface area (TPSA) is 30.8 Å². The lowest BCUT2D eigenvalue weighted by atomic mass is 9.75. The Morgan fingerprint density at radius 3 is 2.63 bits per heavy atom. The van der Waals surface area contributed by atoms with Crippen molar-refractivity contribution in [3.8, 4) is 5.75 Å². The lowest BCUT2D eigenvalue weighted by Gasteiger charge is -2.39. The molecule has 27 heavy (non-hydrogen) atoms. The Hall–Kier alpha value is -2.13. The molecule has 1 heterocycles. The van der Waals surface area contributed by atoms with Crippen molar-refractivity contribution in [2.45, 2.75) is 44.6 Å². The van der Waals surface area contributed by atoms with Crippen molar-refractivity contribution in [1.29, 1.82) is 0 Å². The van der Waals surface area contributed by atoms with Gasteiger partial charge in [-0.15, -0.1) is 0 Å². The number of nitrogens with zero attached hydrogens (tertiary/aromatic N) is 1. The van der Waals surface area contributed by atoms with Crippen LogP contribution in [0.1, 0.15) is 50.2 Å². The highest BCUT2D eigenvalue weighted by molar-refractivity contribution is 5.79. The van der Waals surface area contributed by atoms with Crippen LogP contribution in [-0.2, 0) is 4.74 Å². The summed E-state index contributed by atoms with van der Waals surface area (Å²) in [5.41, 5.74) is 2.40. The molecule has 0 unspecified atom stereocenters. The molecule has 2 aromatic rings. The average Bonchev–Trinajstić information content (AvgIpc) is 2.68. The summed E-state index contributed by atoms with van der Waals surface area (Å²) >= 11 is 0. The minimum absolute atomic E-state index is 0.0590. The van der Waals surface area contributed by atoms with Gasteiger partial charge in [0.15, 0.2) is 0 Å².